The molecule has 0 aliphatic carbocycles. The van der Waals surface area contributed by atoms with Gasteiger partial charge >= 0.3 is 0 Å². The van der Waals surface area contributed by atoms with Gasteiger partial charge in [-0.2, -0.15) is 0 Å². The molecule has 0 N–H and O–H groups in total. The lowest BCUT2D eigenvalue weighted by Crippen LogP contribution is -2.24. The second-order valence-corrected chi connectivity index (χ2v) is 2.97. The molecule has 1 atom stereocenters. The molecule has 0 fully saturated rings. The zero-order valence-electron chi connectivity index (χ0n) is 4.83. The maximum atomic E-state index is 10.8. The molecule has 3 heteroatoms. The Bertz CT molecular complexity index is 105. The standard InChI is InChI=1S/C5H9NOS/c1-2-6-4-3-5-8(6)7/h3,5H,2,4H2,1H3. The summed E-state index contributed by atoms with van der Waals surface area (Å²) < 4.78 is 12.6. The summed E-state index contributed by atoms with van der Waals surface area (Å²) in [5, 5.41) is 1.73. The van der Waals surface area contributed by atoms with Gasteiger partial charge in [0, 0.05) is 6.54 Å². The van der Waals surface area contributed by atoms with Gasteiger partial charge in [0.2, 0.25) is 0 Å². The van der Waals surface area contributed by atoms with Crippen LogP contribution in [0.4, 0.5) is 0 Å². The lowest BCUT2D eigenvalue weighted by molar-refractivity contribution is 0.476. The van der Waals surface area contributed by atoms with Crippen LogP contribution < -0.4 is 0 Å². The van der Waals surface area contributed by atoms with Gasteiger partial charge in [0.25, 0.3) is 0 Å². The van der Waals surface area contributed by atoms with Gasteiger partial charge in [-0.15, -0.1) is 4.31 Å². The van der Waals surface area contributed by atoms with Gasteiger partial charge in [-0.05, 0) is 13.0 Å². The molecule has 0 radical (unpaired) electrons. The van der Waals surface area contributed by atoms with Crippen LogP contribution in [0.2, 0.25) is 0 Å². The van der Waals surface area contributed by atoms with Crippen molar-refractivity contribution in [2.75, 3.05) is 13.1 Å². The predicted octanol–water partition coefficient (Wildman–Crippen LogP) is 0.499. The molecule has 1 aliphatic rings. The average molecular weight is 131 g/mol. The Labute approximate surface area is 52.5 Å². The fourth-order valence-corrected chi connectivity index (χ4v) is 1.57. The molecule has 1 rings (SSSR count). The highest BCUT2D eigenvalue weighted by Gasteiger charge is 2.17. The van der Waals surface area contributed by atoms with Crippen LogP contribution in [0.15, 0.2) is 11.5 Å². The maximum absolute atomic E-state index is 10.8. The van der Waals surface area contributed by atoms with Crippen LogP contribution in [-0.4, -0.2) is 21.9 Å². The molecule has 0 bridgehead atoms. The molecule has 0 saturated heterocycles. The second-order valence-electron chi connectivity index (χ2n) is 1.63. The van der Waals surface area contributed by atoms with Gasteiger partial charge in [-0.3, -0.25) is 0 Å². The molecule has 1 unspecified atom stereocenters. The number of likely N-dealkylation sites (N-methyl/N-ethyl adjacent to an activating group) is 1. The Morgan fingerprint density at radius 3 is 2.88 bits per heavy atom. The van der Waals surface area contributed by atoms with Crippen molar-refractivity contribution in [1.29, 1.82) is 0 Å². The SMILES string of the molecule is CCN1CC=C[S+]1[O-]. The summed E-state index contributed by atoms with van der Waals surface area (Å²) in [4.78, 5) is 0. The maximum Gasteiger partial charge on any atom is 0.136 e. The van der Waals surface area contributed by atoms with E-state index in [-0.39, 0.29) is 0 Å². The Balaban J connectivity index is 2.38. The molecule has 0 aromatic carbocycles. The fraction of sp³-hybridized carbons (Fsp3) is 0.600. The smallest absolute Gasteiger partial charge is 0.136 e. The number of hydrogen-bond acceptors (Lipinski definition) is 2. The summed E-state index contributed by atoms with van der Waals surface area (Å²) in [6.45, 7) is 3.73. The number of nitrogens with zero attached hydrogens (tertiary/aromatic N) is 1. The third-order valence-corrected chi connectivity index (χ3v) is 2.47. The molecule has 0 aromatic heterocycles. The first-order valence-electron chi connectivity index (χ1n) is 2.67. The number of rotatable bonds is 1. The quantitative estimate of drug-likeness (QED) is 0.484. The Kier molecular flexibility index (Phi) is 1.94. The zero-order valence-corrected chi connectivity index (χ0v) is 5.65. The normalized spacial score (nSPS) is 29.5. The third-order valence-electron chi connectivity index (χ3n) is 1.13. The Hall–Kier alpha value is 0.01000. The Morgan fingerprint density at radius 1 is 1.88 bits per heavy atom. The molecule has 0 amide bonds. The van der Waals surface area contributed by atoms with Crippen LogP contribution >= 0.6 is 0 Å². The van der Waals surface area contributed by atoms with Gasteiger partial charge < -0.3 is 4.55 Å². The van der Waals surface area contributed by atoms with Gasteiger partial charge in [0.05, 0.1) is 17.9 Å². The lowest BCUT2D eigenvalue weighted by atomic mass is 10.6. The molecular formula is C5H9NOS. The highest BCUT2D eigenvalue weighted by atomic mass is 32.2. The van der Waals surface area contributed by atoms with E-state index in [0.29, 0.717) is 0 Å². The topological polar surface area (TPSA) is 26.3 Å². The van der Waals surface area contributed by atoms with E-state index < -0.39 is 11.4 Å². The van der Waals surface area contributed by atoms with Crippen LogP contribution in [-0.2, 0) is 11.4 Å². The van der Waals surface area contributed by atoms with Gasteiger partial charge in [0.15, 0.2) is 0 Å². The minimum absolute atomic E-state index is 0.808. The molecule has 0 saturated carbocycles. The molecule has 1 aliphatic heterocycles. The molecule has 2 nitrogen and oxygen atoms in total. The zero-order chi connectivity index (χ0) is 5.98. The van der Waals surface area contributed by atoms with E-state index in [1.807, 2.05) is 17.3 Å². The van der Waals surface area contributed by atoms with Crippen LogP contribution in [0.5, 0.6) is 0 Å². The summed E-state index contributed by atoms with van der Waals surface area (Å²) in [7, 11) is 0. The monoisotopic (exact) mass is 131 g/mol. The van der Waals surface area contributed by atoms with Crippen molar-refractivity contribution in [1.82, 2.24) is 4.31 Å². The molecule has 1 heterocycles. The van der Waals surface area contributed by atoms with Crippen molar-refractivity contribution < 1.29 is 4.55 Å². The van der Waals surface area contributed by atoms with E-state index >= 15 is 0 Å². The first kappa shape index (κ1) is 6.13. The molecule has 0 aromatic rings. The molecule has 8 heavy (non-hydrogen) atoms. The summed E-state index contributed by atoms with van der Waals surface area (Å²) in [6.07, 6.45) is 1.93. The van der Waals surface area contributed by atoms with Crippen LogP contribution in [0.25, 0.3) is 0 Å². The van der Waals surface area contributed by atoms with Gasteiger partial charge in [0.1, 0.15) is 5.41 Å². The van der Waals surface area contributed by atoms with Crippen molar-refractivity contribution in [3.05, 3.63) is 11.5 Å². The minimum atomic E-state index is -0.808. The van der Waals surface area contributed by atoms with Crippen molar-refractivity contribution >= 4 is 11.4 Å². The fourth-order valence-electron chi connectivity index (χ4n) is 0.659. The Morgan fingerprint density at radius 2 is 2.62 bits per heavy atom. The summed E-state index contributed by atoms with van der Waals surface area (Å²) in [6, 6.07) is 0. The van der Waals surface area contributed by atoms with Crippen LogP contribution in [0.1, 0.15) is 6.92 Å². The van der Waals surface area contributed by atoms with Crippen molar-refractivity contribution in [2.24, 2.45) is 0 Å². The van der Waals surface area contributed by atoms with E-state index in [9.17, 15) is 4.55 Å². The largest absolute Gasteiger partial charge is 0.593 e. The van der Waals surface area contributed by atoms with E-state index in [1.54, 1.807) is 5.41 Å². The first-order chi connectivity index (χ1) is 3.84. The highest BCUT2D eigenvalue weighted by Crippen LogP contribution is 2.08. The lowest BCUT2D eigenvalue weighted by Gasteiger charge is -2.11. The van der Waals surface area contributed by atoms with Crippen molar-refractivity contribution in [3.63, 3.8) is 0 Å². The number of hydrogen-bond donors (Lipinski definition) is 0. The summed E-state index contributed by atoms with van der Waals surface area (Å²) in [5.74, 6) is 0. The van der Waals surface area contributed by atoms with Crippen LogP contribution in [0, 0.1) is 0 Å². The minimum Gasteiger partial charge on any atom is -0.593 e. The molecule has 46 valence electrons. The van der Waals surface area contributed by atoms with E-state index in [0.717, 1.165) is 13.1 Å². The summed E-state index contributed by atoms with van der Waals surface area (Å²) >= 11 is -0.808. The van der Waals surface area contributed by atoms with Crippen molar-refractivity contribution in [3.8, 4) is 0 Å². The summed E-state index contributed by atoms with van der Waals surface area (Å²) in [5.41, 5.74) is 0. The second kappa shape index (κ2) is 2.53. The van der Waals surface area contributed by atoms with Gasteiger partial charge in [-0.1, -0.05) is 0 Å². The van der Waals surface area contributed by atoms with E-state index in [4.69, 9.17) is 0 Å². The average Bonchev–Trinajstić information content (AvgIpc) is 2.14. The predicted molar refractivity (Wildman–Crippen MR) is 34.5 cm³/mol. The highest BCUT2D eigenvalue weighted by molar-refractivity contribution is 7.92. The van der Waals surface area contributed by atoms with Gasteiger partial charge in [-0.25, -0.2) is 0 Å². The third kappa shape index (κ3) is 1.05. The molecule has 0 spiro atoms. The first-order valence-corrected chi connectivity index (χ1v) is 3.84. The van der Waals surface area contributed by atoms with E-state index in [2.05, 4.69) is 0 Å². The van der Waals surface area contributed by atoms with Crippen LogP contribution in [0.3, 0.4) is 0 Å². The molecular weight excluding hydrogens is 122 g/mol. The van der Waals surface area contributed by atoms with E-state index in [1.165, 1.54) is 0 Å². The van der Waals surface area contributed by atoms with Crippen molar-refractivity contribution in [2.45, 2.75) is 6.92 Å².